The number of aliphatic carboxylic acids is 1. The SMILES string of the molecule is CC12CCC3C(=O)OC(c4ccoc4)CC3(C)C1C(=O)C(OC(=O)CCc1ccccc1)=CC2C(=O)O. The summed E-state index contributed by atoms with van der Waals surface area (Å²) < 4.78 is 16.4. The zero-order chi connectivity index (χ0) is 26.4. The minimum atomic E-state index is -1.09. The third kappa shape index (κ3) is 4.28. The summed E-state index contributed by atoms with van der Waals surface area (Å²) in [4.78, 5) is 52.3. The number of hydrogen-bond acceptors (Lipinski definition) is 7. The number of hydrogen-bond donors (Lipinski definition) is 1. The van der Waals surface area contributed by atoms with Crippen LogP contribution in [0.1, 0.15) is 56.8 Å². The van der Waals surface area contributed by atoms with Crippen molar-refractivity contribution in [3.8, 4) is 0 Å². The van der Waals surface area contributed by atoms with Crippen molar-refractivity contribution in [2.24, 2.45) is 28.6 Å². The molecule has 2 heterocycles. The van der Waals surface area contributed by atoms with Gasteiger partial charge in [-0.3, -0.25) is 19.2 Å². The predicted molar refractivity (Wildman–Crippen MR) is 130 cm³/mol. The van der Waals surface area contributed by atoms with Gasteiger partial charge in [-0.25, -0.2) is 0 Å². The standard InChI is InChI=1S/C29H30O8/c1-28-12-10-19-27(34)37-22(18-11-13-35-16-18)15-29(19,2)25(28)24(31)21(14-20(28)26(32)33)36-23(30)9-8-17-6-4-3-5-7-17/h3-7,11,13-14,16,19-20,22,25H,8-10,12,15H2,1-2H3,(H,32,33). The van der Waals surface area contributed by atoms with Crippen LogP contribution >= 0.6 is 0 Å². The third-order valence-electron chi connectivity index (χ3n) is 8.65. The van der Waals surface area contributed by atoms with E-state index in [1.54, 1.807) is 13.0 Å². The largest absolute Gasteiger partial charge is 0.481 e. The molecule has 194 valence electrons. The molecule has 0 radical (unpaired) electrons. The van der Waals surface area contributed by atoms with E-state index in [-0.39, 0.29) is 12.2 Å². The lowest BCUT2D eigenvalue weighted by atomic mass is 9.44. The van der Waals surface area contributed by atoms with Gasteiger partial charge in [-0.1, -0.05) is 44.2 Å². The van der Waals surface area contributed by atoms with Crippen molar-refractivity contribution in [2.45, 2.75) is 52.1 Å². The van der Waals surface area contributed by atoms with Gasteiger partial charge in [-0.15, -0.1) is 0 Å². The second-order valence-electron chi connectivity index (χ2n) is 10.9. The highest BCUT2D eigenvalue weighted by atomic mass is 16.5. The van der Waals surface area contributed by atoms with Crippen LogP contribution in [-0.2, 0) is 35.1 Å². The molecule has 2 fully saturated rings. The summed E-state index contributed by atoms with van der Waals surface area (Å²) in [5.41, 5.74) is -0.216. The maximum Gasteiger partial charge on any atom is 0.311 e. The molecular weight excluding hydrogens is 476 g/mol. The average molecular weight is 507 g/mol. The van der Waals surface area contributed by atoms with Gasteiger partial charge in [0.15, 0.2) is 5.76 Å². The number of cyclic esters (lactones) is 1. The Balaban J connectivity index is 1.46. The number of Topliss-reactive ketones (excluding diaryl/α,β-unsaturated/α-hetero) is 1. The summed E-state index contributed by atoms with van der Waals surface area (Å²) in [5, 5.41) is 10.2. The van der Waals surface area contributed by atoms with Crippen LogP contribution in [0.5, 0.6) is 0 Å². The molecule has 1 aromatic heterocycles. The first-order chi connectivity index (χ1) is 17.6. The molecule has 0 bridgehead atoms. The van der Waals surface area contributed by atoms with Gasteiger partial charge in [0.2, 0.25) is 5.78 Å². The molecule has 1 aromatic carbocycles. The van der Waals surface area contributed by atoms with Crippen molar-refractivity contribution in [3.63, 3.8) is 0 Å². The number of carbonyl (C=O) groups is 4. The molecule has 5 rings (SSSR count). The van der Waals surface area contributed by atoms with Gasteiger partial charge in [0, 0.05) is 17.9 Å². The summed E-state index contributed by atoms with van der Waals surface area (Å²) >= 11 is 0. The molecule has 2 aliphatic carbocycles. The molecule has 1 aliphatic heterocycles. The molecule has 1 N–H and O–H groups in total. The van der Waals surface area contributed by atoms with Gasteiger partial charge < -0.3 is 19.0 Å². The molecule has 6 unspecified atom stereocenters. The second kappa shape index (κ2) is 9.32. The number of furan rings is 1. The number of ether oxygens (including phenoxy) is 2. The van der Waals surface area contributed by atoms with Crippen molar-refractivity contribution < 1.29 is 38.2 Å². The molecule has 3 aliphatic rings. The number of carboxylic acids is 1. The van der Waals surface area contributed by atoms with E-state index in [4.69, 9.17) is 13.9 Å². The first-order valence-corrected chi connectivity index (χ1v) is 12.6. The highest BCUT2D eigenvalue weighted by Crippen LogP contribution is 2.64. The van der Waals surface area contributed by atoms with Gasteiger partial charge >= 0.3 is 17.9 Å². The fourth-order valence-electron chi connectivity index (χ4n) is 6.84. The van der Waals surface area contributed by atoms with Crippen LogP contribution in [0.15, 0.2) is 65.2 Å². The predicted octanol–water partition coefficient (Wildman–Crippen LogP) is 4.65. The van der Waals surface area contributed by atoms with E-state index in [1.807, 2.05) is 37.3 Å². The van der Waals surface area contributed by atoms with E-state index in [1.165, 1.54) is 18.6 Å². The quantitative estimate of drug-likeness (QED) is 0.562. The molecule has 8 heteroatoms. The molecular formula is C29H30O8. The third-order valence-corrected chi connectivity index (χ3v) is 8.65. The van der Waals surface area contributed by atoms with Gasteiger partial charge in [0.05, 0.1) is 24.4 Å². The van der Waals surface area contributed by atoms with Gasteiger partial charge in [0.25, 0.3) is 0 Å². The molecule has 0 spiro atoms. The Hall–Kier alpha value is -3.68. The van der Waals surface area contributed by atoms with E-state index in [0.29, 0.717) is 31.2 Å². The van der Waals surface area contributed by atoms with Crippen LogP contribution < -0.4 is 0 Å². The van der Waals surface area contributed by atoms with Crippen molar-refractivity contribution >= 4 is 23.7 Å². The van der Waals surface area contributed by atoms with E-state index in [9.17, 15) is 24.3 Å². The summed E-state index contributed by atoms with van der Waals surface area (Å²) in [6.45, 7) is 3.66. The lowest BCUT2D eigenvalue weighted by Gasteiger charge is -2.59. The van der Waals surface area contributed by atoms with Crippen LogP contribution in [0.25, 0.3) is 0 Å². The zero-order valence-electron chi connectivity index (χ0n) is 20.8. The highest BCUT2D eigenvalue weighted by Gasteiger charge is 2.66. The van der Waals surface area contributed by atoms with Crippen LogP contribution in [0.3, 0.4) is 0 Å². The van der Waals surface area contributed by atoms with Crippen molar-refractivity contribution in [1.29, 1.82) is 0 Å². The van der Waals surface area contributed by atoms with Crippen LogP contribution in [0.2, 0.25) is 0 Å². The van der Waals surface area contributed by atoms with Crippen molar-refractivity contribution in [1.82, 2.24) is 0 Å². The molecule has 0 amide bonds. The first kappa shape index (κ1) is 25.0. The van der Waals surface area contributed by atoms with Crippen LogP contribution in [0, 0.1) is 28.6 Å². The number of rotatable bonds is 6. The van der Waals surface area contributed by atoms with Crippen LogP contribution in [-0.4, -0.2) is 28.8 Å². The maximum absolute atomic E-state index is 14.0. The number of fused-ring (bicyclic) bond motifs is 3. The van der Waals surface area contributed by atoms with Gasteiger partial charge in [0.1, 0.15) is 6.10 Å². The Morgan fingerprint density at radius 2 is 1.86 bits per heavy atom. The number of carboxylic acid groups (broad SMARTS) is 1. The minimum absolute atomic E-state index is 0.0447. The number of benzene rings is 1. The second-order valence-corrected chi connectivity index (χ2v) is 10.9. The average Bonchev–Trinajstić information content (AvgIpc) is 3.39. The first-order valence-electron chi connectivity index (χ1n) is 12.6. The number of esters is 2. The number of aryl methyl sites for hydroxylation is 1. The Morgan fingerprint density at radius 3 is 2.54 bits per heavy atom. The fourth-order valence-corrected chi connectivity index (χ4v) is 6.84. The van der Waals surface area contributed by atoms with E-state index < -0.39 is 58.4 Å². The van der Waals surface area contributed by atoms with Gasteiger partial charge in [-0.05, 0) is 54.2 Å². The van der Waals surface area contributed by atoms with E-state index in [2.05, 4.69) is 0 Å². The lowest BCUT2D eigenvalue weighted by molar-refractivity contribution is -0.198. The Morgan fingerprint density at radius 1 is 1.11 bits per heavy atom. The normalized spacial score (nSPS) is 33.0. The van der Waals surface area contributed by atoms with Gasteiger partial charge in [-0.2, -0.15) is 0 Å². The van der Waals surface area contributed by atoms with Crippen molar-refractivity contribution in [2.75, 3.05) is 0 Å². The Labute approximate surface area is 214 Å². The summed E-state index contributed by atoms with van der Waals surface area (Å²) in [5.74, 6) is -5.23. The topological polar surface area (TPSA) is 120 Å². The summed E-state index contributed by atoms with van der Waals surface area (Å²) in [6, 6.07) is 11.1. The molecule has 8 nitrogen and oxygen atoms in total. The minimum Gasteiger partial charge on any atom is -0.481 e. The number of carbonyl (C=O) groups excluding carboxylic acids is 3. The number of allylic oxidation sites excluding steroid dienone is 1. The summed E-state index contributed by atoms with van der Waals surface area (Å²) in [6.07, 6.45) is 5.25. The molecule has 2 aromatic rings. The van der Waals surface area contributed by atoms with E-state index >= 15 is 0 Å². The fraction of sp³-hybridized carbons (Fsp3) is 0.448. The monoisotopic (exact) mass is 506 g/mol. The Bertz CT molecular complexity index is 1250. The number of ketones is 1. The highest BCUT2D eigenvalue weighted by molar-refractivity contribution is 6.01. The summed E-state index contributed by atoms with van der Waals surface area (Å²) in [7, 11) is 0. The van der Waals surface area contributed by atoms with E-state index in [0.717, 1.165) is 5.56 Å². The van der Waals surface area contributed by atoms with Crippen LogP contribution in [0.4, 0.5) is 0 Å². The molecule has 1 saturated carbocycles. The molecule has 1 saturated heterocycles. The Kier molecular flexibility index (Phi) is 6.30. The smallest absolute Gasteiger partial charge is 0.311 e. The van der Waals surface area contributed by atoms with Crippen molar-refractivity contribution in [3.05, 3.63) is 71.9 Å². The lowest BCUT2D eigenvalue weighted by Crippen LogP contribution is -2.61. The molecule has 6 atom stereocenters. The zero-order valence-corrected chi connectivity index (χ0v) is 20.8. The molecule has 37 heavy (non-hydrogen) atoms. The maximum atomic E-state index is 14.0.